The second-order valence-corrected chi connectivity index (χ2v) is 5.32. The van der Waals surface area contributed by atoms with Gasteiger partial charge in [0.2, 0.25) is 5.91 Å². The van der Waals surface area contributed by atoms with Crippen molar-refractivity contribution in [3.8, 4) is 11.5 Å². The molecule has 126 valence electrons. The Kier molecular flexibility index (Phi) is 5.65. The highest BCUT2D eigenvalue weighted by Crippen LogP contribution is 2.31. The summed E-state index contributed by atoms with van der Waals surface area (Å²) >= 11 is 6.04. The van der Waals surface area contributed by atoms with Crippen LogP contribution in [0.4, 0.5) is 5.69 Å². The van der Waals surface area contributed by atoms with Crippen LogP contribution in [-0.2, 0) is 11.2 Å². The molecule has 0 fully saturated rings. The third-order valence-corrected chi connectivity index (χ3v) is 3.63. The van der Waals surface area contributed by atoms with Gasteiger partial charge in [0.05, 0.1) is 31.4 Å². The van der Waals surface area contributed by atoms with E-state index in [1.54, 1.807) is 31.4 Å². The fourth-order valence-electron chi connectivity index (χ4n) is 2.11. The molecule has 6 nitrogen and oxygen atoms in total. The summed E-state index contributed by atoms with van der Waals surface area (Å²) < 4.78 is 10.1. The molecule has 0 saturated carbocycles. The van der Waals surface area contributed by atoms with Crippen molar-refractivity contribution in [2.75, 3.05) is 19.5 Å². The van der Waals surface area contributed by atoms with E-state index in [9.17, 15) is 9.59 Å². The molecule has 2 aromatic rings. The Morgan fingerprint density at radius 3 is 2.33 bits per heavy atom. The number of rotatable bonds is 6. The lowest BCUT2D eigenvalue weighted by molar-refractivity contribution is -0.115. The van der Waals surface area contributed by atoms with Gasteiger partial charge in [-0.1, -0.05) is 23.7 Å². The van der Waals surface area contributed by atoms with E-state index in [0.717, 1.165) is 5.56 Å². The van der Waals surface area contributed by atoms with E-state index < -0.39 is 5.97 Å². The average Bonchev–Trinajstić information content (AvgIpc) is 2.56. The summed E-state index contributed by atoms with van der Waals surface area (Å²) in [7, 11) is 2.91. The number of benzene rings is 2. The van der Waals surface area contributed by atoms with Crippen LogP contribution in [0.15, 0.2) is 36.4 Å². The Labute approximate surface area is 144 Å². The van der Waals surface area contributed by atoms with Crippen LogP contribution < -0.4 is 14.8 Å². The number of hydrogen-bond acceptors (Lipinski definition) is 4. The summed E-state index contributed by atoms with van der Waals surface area (Å²) in [5.74, 6) is -0.625. The highest BCUT2D eigenvalue weighted by molar-refractivity contribution is 6.34. The maximum Gasteiger partial charge on any atom is 0.339 e. The molecule has 1 amide bonds. The lowest BCUT2D eigenvalue weighted by atomic mass is 10.1. The van der Waals surface area contributed by atoms with Gasteiger partial charge in [0.15, 0.2) is 0 Å². The number of nitrogens with one attached hydrogen (secondary N) is 1. The van der Waals surface area contributed by atoms with Crippen LogP contribution in [-0.4, -0.2) is 31.2 Å². The van der Waals surface area contributed by atoms with Gasteiger partial charge in [-0.25, -0.2) is 4.79 Å². The van der Waals surface area contributed by atoms with Gasteiger partial charge in [0.25, 0.3) is 0 Å². The molecule has 0 aliphatic rings. The normalized spacial score (nSPS) is 10.1. The van der Waals surface area contributed by atoms with Crippen molar-refractivity contribution in [1.29, 1.82) is 0 Å². The molecule has 0 unspecified atom stereocenters. The fourth-order valence-corrected chi connectivity index (χ4v) is 2.32. The van der Waals surface area contributed by atoms with Crippen LogP contribution in [0.2, 0.25) is 5.02 Å². The zero-order valence-corrected chi connectivity index (χ0v) is 13.9. The van der Waals surface area contributed by atoms with Crippen molar-refractivity contribution < 1.29 is 24.2 Å². The summed E-state index contributed by atoms with van der Waals surface area (Å²) in [6, 6.07) is 9.73. The maximum absolute atomic E-state index is 12.1. The molecule has 2 N–H and O–H groups in total. The Hall–Kier alpha value is -2.73. The van der Waals surface area contributed by atoms with Gasteiger partial charge in [-0.05, 0) is 23.8 Å². The van der Waals surface area contributed by atoms with Crippen molar-refractivity contribution in [3.63, 3.8) is 0 Å². The largest absolute Gasteiger partial charge is 0.497 e. The fraction of sp³-hybridized carbons (Fsp3) is 0.176. The third kappa shape index (κ3) is 4.17. The van der Waals surface area contributed by atoms with Gasteiger partial charge >= 0.3 is 5.97 Å². The molecule has 2 rings (SSSR count). The van der Waals surface area contributed by atoms with Crippen molar-refractivity contribution >= 4 is 29.2 Å². The second kappa shape index (κ2) is 7.70. The summed E-state index contributed by atoms with van der Waals surface area (Å²) in [4.78, 5) is 23.3. The Morgan fingerprint density at radius 2 is 1.79 bits per heavy atom. The van der Waals surface area contributed by atoms with Gasteiger partial charge in [-0.15, -0.1) is 0 Å². The zero-order chi connectivity index (χ0) is 17.7. The Morgan fingerprint density at radius 1 is 1.12 bits per heavy atom. The molecule has 0 radical (unpaired) electrons. The van der Waals surface area contributed by atoms with E-state index in [1.165, 1.54) is 19.2 Å². The number of carboxylic acid groups (broad SMARTS) is 1. The van der Waals surface area contributed by atoms with E-state index in [-0.39, 0.29) is 34.4 Å². The molecule has 0 bridgehead atoms. The first-order valence-corrected chi connectivity index (χ1v) is 7.36. The van der Waals surface area contributed by atoms with Gasteiger partial charge in [0, 0.05) is 6.07 Å². The minimum absolute atomic E-state index is 0.0735. The first-order valence-electron chi connectivity index (χ1n) is 6.98. The topological polar surface area (TPSA) is 84.9 Å². The summed E-state index contributed by atoms with van der Waals surface area (Å²) in [5, 5.41) is 11.9. The van der Waals surface area contributed by atoms with Crippen molar-refractivity contribution in [1.82, 2.24) is 0 Å². The van der Waals surface area contributed by atoms with Crippen LogP contribution >= 0.6 is 11.6 Å². The van der Waals surface area contributed by atoms with Gasteiger partial charge in [-0.2, -0.15) is 0 Å². The first kappa shape index (κ1) is 17.6. The van der Waals surface area contributed by atoms with E-state index in [4.69, 9.17) is 26.2 Å². The van der Waals surface area contributed by atoms with Crippen molar-refractivity contribution in [3.05, 3.63) is 52.5 Å². The van der Waals surface area contributed by atoms with Crippen LogP contribution in [0, 0.1) is 0 Å². The van der Waals surface area contributed by atoms with E-state index in [2.05, 4.69) is 5.32 Å². The second-order valence-electron chi connectivity index (χ2n) is 4.91. The molecule has 0 spiro atoms. The van der Waals surface area contributed by atoms with Crippen LogP contribution in [0.5, 0.6) is 11.5 Å². The summed E-state index contributed by atoms with van der Waals surface area (Å²) in [6.45, 7) is 0. The predicted octanol–water partition coefficient (Wildman–Crippen LogP) is 3.24. The number of amides is 1. The molecule has 7 heteroatoms. The molecular formula is C17H16ClNO5. The number of ether oxygens (including phenoxy) is 2. The monoisotopic (exact) mass is 349 g/mol. The molecule has 0 aliphatic heterocycles. The number of carbonyl (C=O) groups excluding carboxylic acids is 1. The van der Waals surface area contributed by atoms with Gasteiger partial charge in [-0.3, -0.25) is 4.79 Å². The smallest absolute Gasteiger partial charge is 0.339 e. The number of anilines is 1. The molecular weight excluding hydrogens is 334 g/mol. The lowest BCUT2D eigenvalue weighted by Crippen LogP contribution is -2.15. The lowest BCUT2D eigenvalue weighted by Gasteiger charge is -2.12. The molecule has 0 saturated heterocycles. The summed E-state index contributed by atoms with van der Waals surface area (Å²) in [5.41, 5.74) is 1.02. The van der Waals surface area contributed by atoms with Crippen LogP contribution in [0.25, 0.3) is 0 Å². The maximum atomic E-state index is 12.1. The molecule has 0 aromatic heterocycles. The molecule has 0 aliphatic carbocycles. The molecule has 0 heterocycles. The number of aromatic carboxylic acids is 1. The zero-order valence-electron chi connectivity index (χ0n) is 13.1. The minimum atomic E-state index is -1.16. The molecule has 24 heavy (non-hydrogen) atoms. The van der Waals surface area contributed by atoms with Crippen molar-refractivity contribution in [2.24, 2.45) is 0 Å². The quantitative estimate of drug-likeness (QED) is 0.836. The van der Waals surface area contributed by atoms with Crippen LogP contribution in [0.3, 0.4) is 0 Å². The van der Waals surface area contributed by atoms with Crippen LogP contribution in [0.1, 0.15) is 15.9 Å². The third-order valence-electron chi connectivity index (χ3n) is 3.32. The summed E-state index contributed by atoms with van der Waals surface area (Å²) in [6.07, 6.45) is 0.142. The number of methoxy groups -OCH3 is 2. The number of hydrogen-bond donors (Lipinski definition) is 2. The molecule has 2 aromatic carbocycles. The average molecular weight is 350 g/mol. The Balaban J connectivity index is 2.14. The van der Waals surface area contributed by atoms with E-state index in [0.29, 0.717) is 5.75 Å². The number of halogens is 1. The predicted molar refractivity (Wildman–Crippen MR) is 90.3 cm³/mol. The van der Waals surface area contributed by atoms with Crippen molar-refractivity contribution in [2.45, 2.75) is 6.42 Å². The SMILES string of the molecule is COc1ccc(CC(=O)Nc2cc(OC)c(C(=O)O)cc2Cl)cc1. The van der Waals surface area contributed by atoms with E-state index >= 15 is 0 Å². The van der Waals surface area contributed by atoms with E-state index in [1.807, 2.05) is 0 Å². The minimum Gasteiger partial charge on any atom is -0.497 e. The highest BCUT2D eigenvalue weighted by atomic mass is 35.5. The first-order chi connectivity index (χ1) is 11.4. The number of carbonyl (C=O) groups is 2. The van der Waals surface area contributed by atoms with Gasteiger partial charge in [0.1, 0.15) is 17.1 Å². The molecule has 0 atom stereocenters. The highest BCUT2D eigenvalue weighted by Gasteiger charge is 2.16. The Bertz CT molecular complexity index is 758. The number of carboxylic acids is 1. The van der Waals surface area contributed by atoms with Gasteiger partial charge < -0.3 is 19.9 Å². The standard InChI is InChI=1S/C17H16ClNO5/c1-23-11-5-3-10(4-6-11)7-16(20)19-14-9-15(24-2)12(17(21)22)8-13(14)18/h3-6,8-9H,7H2,1-2H3,(H,19,20)(H,21,22).